The number of alkyl halides is 3. The summed E-state index contributed by atoms with van der Waals surface area (Å²) in [4.78, 5) is 14.7. The summed E-state index contributed by atoms with van der Waals surface area (Å²) in [6, 6.07) is 11.3. The Labute approximate surface area is 186 Å². The molecule has 0 aromatic heterocycles. The van der Waals surface area contributed by atoms with E-state index in [2.05, 4.69) is 36.3 Å². The van der Waals surface area contributed by atoms with Gasteiger partial charge in [-0.3, -0.25) is 9.69 Å². The lowest BCUT2D eigenvalue weighted by molar-refractivity contribution is -0.137. The molecular weight excluding hydrogens is 436 g/mol. The number of halogens is 5. The molecule has 1 saturated heterocycles. The molecule has 0 spiro atoms. The maximum atomic E-state index is 13.0. The van der Waals surface area contributed by atoms with Crippen LogP contribution in [0.1, 0.15) is 53.2 Å². The summed E-state index contributed by atoms with van der Waals surface area (Å²) in [6.07, 6.45) is -1.12. The van der Waals surface area contributed by atoms with Crippen LogP contribution in [-0.4, -0.2) is 24.4 Å². The first-order chi connectivity index (χ1) is 13.6. The van der Waals surface area contributed by atoms with E-state index >= 15 is 0 Å². The summed E-state index contributed by atoms with van der Waals surface area (Å²) in [5, 5.41) is 2.07. The van der Waals surface area contributed by atoms with Gasteiger partial charge in [0.2, 0.25) is 0 Å². The SMILES string of the molecule is CN1CCCCC1(C)c1ccc(CNC(=O)c2cccc(C(F)(F)F)c2Cl)cc1.Cl. The van der Waals surface area contributed by atoms with Crippen molar-refractivity contribution in [3.63, 3.8) is 0 Å². The second kappa shape index (κ2) is 9.58. The number of hydrogen-bond donors (Lipinski definition) is 1. The highest BCUT2D eigenvalue weighted by Gasteiger charge is 2.35. The van der Waals surface area contributed by atoms with E-state index in [-0.39, 0.29) is 30.1 Å². The second-order valence-electron chi connectivity index (χ2n) is 7.70. The fourth-order valence-corrected chi connectivity index (χ4v) is 4.12. The van der Waals surface area contributed by atoms with E-state index in [1.165, 1.54) is 30.5 Å². The van der Waals surface area contributed by atoms with E-state index < -0.39 is 22.7 Å². The van der Waals surface area contributed by atoms with Crippen LogP contribution in [0.25, 0.3) is 0 Å². The van der Waals surface area contributed by atoms with Gasteiger partial charge in [0.25, 0.3) is 5.91 Å². The van der Waals surface area contributed by atoms with Gasteiger partial charge in [-0.1, -0.05) is 48.4 Å². The Morgan fingerprint density at radius 3 is 2.43 bits per heavy atom. The van der Waals surface area contributed by atoms with Crippen LogP contribution in [0.3, 0.4) is 0 Å². The molecule has 1 fully saturated rings. The molecule has 1 amide bonds. The average Bonchev–Trinajstić information content (AvgIpc) is 2.68. The molecule has 164 valence electrons. The van der Waals surface area contributed by atoms with Gasteiger partial charge in [-0.2, -0.15) is 13.2 Å². The van der Waals surface area contributed by atoms with E-state index in [1.807, 2.05) is 12.1 Å². The predicted molar refractivity (Wildman–Crippen MR) is 115 cm³/mol. The molecular formula is C22H25Cl2F3N2O. The molecule has 2 aromatic rings. The van der Waals surface area contributed by atoms with Crippen LogP contribution in [-0.2, 0) is 18.3 Å². The molecule has 3 nitrogen and oxygen atoms in total. The Kier molecular flexibility index (Phi) is 7.83. The van der Waals surface area contributed by atoms with Crippen LogP contribution in [0.2, 0.25) is 5.02 Å². The lowest BCUT2D eigenvalue weighted by Gasteiger charge is -2.43. The number of amides is 1. The van der Waals surface area contributed by atoms with Gasteiger partial charge in [-0.25, -0.2) is 0 Å². The van der Waals surface area contributed by atoms with E-state index in [0.717, 1.165) is 24.6 Å². The molecule has 1 heterocycles. The molecule has 1 unspecified atom stereocenters. The van der Waals surface area contributed by atoms with Crippen molar-refractivity contribution in [1.82, 2.24) is 10.2 Å². The first kappa shape index (κ1) is 24.5. The number of rotatable bonds is 4. The summed E-state index contributed by atoms with van der Waals surface area (Å²) in [5.41, 5.74) is 0.879. The Hall–Kier alpha value is -1.76. The minimum atomic E-state index is -4.61. The number of piperidine rings is 1. The Bertz CT molecular complexity index is 887. The molecule has 0 saturated carbocycles. The third-order valence-electron chi connectivity index (χ3n) is 5.83. The molecule has 2 aromatic carbocycles. The number of carbonyl (C=O) groups is 1. The van der Waals surface area contributed by atoms with Crippen LogP contribution in [0.4, 0.5) is 13.2 Å². The van der Waals surface area contributed by atoms with Crippen molar-refractivity contribution in [2.75, 3.05) is 13.6 Å². The van der Waals surface area contributed by atoms with E-state index in [0.29, 0.717) is 0 Å². The van der Waals surface area contributed by atoms with Crippen LogP contribution < -0.4 is 5.32 Å². The van der Waals surface area contributed by atoms with Crippen molar-refractivity contribution in [3.05, 3.63) is 69.7 Å². The maximum absolute atomic E-state index is 13.0. The van der Waals surface area contributed by atoms with Gasteiger partial charge in [-0.15, -0.1) is 12.4 Å². The van der Waals surface area contributed by atoms with Crippen LogP contribution >= 0.6 is 24.0 Å². The quantitative estimate of drug-likeness (QED) is 0.602. The normalized spacial score (nSPS) is 19.8. The maximum Gasteiger partial charge on any atom is 0.417 e. The van der Waals surface area contributed by atoms with Crippen LogP contribution in [0, 0.1) is 0 Å². The molecule has 3 rings (SSSR count). The zero-order valence-corrected chi connectivity index (χ0v) is 18.4. The molecule has 1 N–H and O–H groups in total. The Morgan fingerprint density at radius 1 is 1.17 bits per heavy atom. The number of hydrogen-bond acceptors (Lipinski definition) is 2. The van der Waals surface area contributed by atoms with Crippen LogP contribution in [0.5, 0.6) is 0 Å². The van der Waals surface area contributed by atoms with Crippen LogP contribution in [0.15, 0.2) is 42.5 Å². The highest BCUT2D eigenvalue weighted by molar-refractivity contribution is 6.34. The third kappa shape index (κ3) is 5.10. The molecule has 0 bridgehead atoms. The standard InChI is InChI=1S/C22H24ClF3N2O.ClH/c1-21(12-3-4-13-28(21)2)16-10-8-15(9-11-16)14-27-20(29)17-6-5-7-18(19(17)23)22(24,25)26;/h5-11H,3-4,12-14H2,1-2H3,(H,27,29);1H. The van der Waals surface area contributed by atoms with Gasteiger partial charge in [0.05, 0.1) is 16.1 Å². The van der Waals surface area contributed by atoms with E-state index in [4.69, 9.17) is 11.6 Å². The van der Waals surface area contributed by atoms with Crippen molar-refractivity contribution >= 4 is 29.9 Å². The largest absolute Gasteiger partial charge is 0.417 e. The highest BCUT2D eigenvalue weighted by atomic mass is 35.5. The highest BCUT2D eigenvalue weighted by Crippen LogP contribution is 2.37. The monoisotopic (exact) mass is 460 g/mol. The Balaban J connectivity index is 0.00000320. The minimum absolute atomic E-state index is 0. The summed E-state index contributed by atoms with van der Waals surface area (Å²) >= 11 is 5.82. The number of carbonyl (C=O) groups excluding carboxylic acids is 1. The molecule has 1 aliphatic heterocycles. The van der Waals surface area contributed by atoms with Gasteiger partial charge in [-0.05, 0) is 56.6 Å². The van der Waals surface area contributed by atoms with Gasteiger partial charge in [0, 0.05) is 12.1 Å². The zero-order valence-electron chi connectivity index (χ0n) is 16.9. The lowest BCUT2D eigenvalue weighted by Crippen LogP contribution is -2.44. The van der Waals surface area contributed by atoms with Crippen molar-refractivity contribution in [2.45, 2.75) is 44.4 Å². The minimum Gasteiger partial charge on any atom is -0.348 e. The molecule has 1 atom stereocenters. The fraction of sp³-hybridized carbons (Fsp3) is 0.409. The predicted octanol–water partition coefficient (Wildman–Crippen LogP) is 6.04. The van der Waals surface area contributed by atoms with Crippen molar-refractivity contribution in [2.24, 2.45) is 0 Å². The molecule has 0 radical (unpaired) electrons. The van der Waals surface area contributed by atoms with E-state index in [9.17, 15) is 18.0 Å². The van der Waals surface area contributed by atoms with E-state index in [1.54, 1.807) is 0 Å². The smallest absolute Gasteiger partial charge is 0.348 e. The summed E-state index contributed by atoms with van der Waals surface area (Å²) in [5.74, 6) is -0.635. The van der Waals surface area contributed by atoms with Gasteiger partial charge in [0.15, 0.2) is 0 Å². The summed E-state index contributed by atoms with van der Waals surface area (Å²) in [6.45, 7) is 3.50. The van der Waals surface area contributed by atoms with Gasteiger partial charge in [0.1, 0.15) is 0 Å². The lowest BCUT2D eigenvalue weighted by atomic mass is 9.82. The summed E-state index contributed by atoms with van der Waals surface area (Å²) < 4.78 is 38.9. The number of nitrogens with one attached hydrogen (secondary N) is 1. The zero-order chi connectivity index (χ0) is 21.2. The van der Waals surface area contributed by atoms with Gasteiger partial charge >= 0.3 is 6.18 Å². The topological polar surface area (TPSA) is 32.3 Å². The average molecular weight is 461 g/mol. The first-order valence-electron chi connectivity index (χ1n) is 9.57. The fourth-order valence-electron chi connectivity index (χ4n) is 3.81. The molecule has 30 heavy (non-hydrogen) atoms. The van der Waals surface area contributed by atoms with Crippen molar-refractivity contribution < 1.29 is 18.0 Å². The number of likely N-dealkylation sites (tertiary alicyclic amines) is 1. The molecule has 1 aliphatic rings. The molecule has 0 aliphatic carbocycles. The summed E-state index contributed by atoms with van der Waals surface area (Å²) in [7, 11) is 2.13. The number of benzene rings is 2. The van der Waals surface area contributed by atoms with Gasteiger partial charge < -0.3 is 5.32 Å². The second-order valence-corrected chi connectivity index (χ2v) is 8.07. The number of nitrogens with zero attached hydrogens (tertiary/aromatic N) is 1. The van der Waals surface area contributed by atoms with Crippen molar-refractivity contribution in [1.29, 1.82) is 0 Å². The van der Waals surface area contributed by atoms with Crippen molar-refractivity contribution in [3.8, 4) is 0 Å². The Morgan fingerprint density at radius 2 is 1.83 bits per heavy atom. The molecule has 8 heteroatoms. The first-order valence-corrected chi connectivity index (χ1v) is 9.95. The third-order valence-corrected chi connectivity index (χ3v) is 6.23.